The van der Waals surface area contributed by atoms with Gasteiger partial charge in [-0.1, -0.05) is 36.4 Å². The van der Waals surface area contributed by atoms with E-state index in [4.69, 9.17) is 0 Å². The highest BCUT2D eigenvalue weighted by molar-refractivity contribution is 6.01. The van der Waals surface area contributed by atoms with Gasteiger partial charge in [0.05, 0.1) is 5.54 Å². The minimum absolute atomic E-state index is 0.246. The fourth-order valence-electron chi connectivity index (χ4n) is 3.55. The first-order valence-corrected chi connectivity index (χ1v) is 8.95. The lowest BCUT2D eigenvalue weighted by molar-refractivity contribution is -0.119. The molecule has 1 unspecified atom stereocenters. The van der Waals surface area contributed by atoms with E-state index in [9.17, 15) is 13.6 Å². The number of carbonyl (C=O) groups is 1. The van der Waals surface area contributed by atoms with Crippen molar-refractivity contribution < 1.29 is 13.6 Å². The van der Waals surface area contributed by atoms with Crippen molar-refractivity contribution in [1.82, 2.24) is 10.3 Å². The molecule has 5 heteroatoms. The Kier molecular flexibility index (Phi) is 4.51. The highest BCUT2D eigenvalue weighted by Gasteiger charge is 2.32. The van der Waals surface area contributed by atoms with Gasteiger partial charge in [0.25, 0.3) is 5.91 Å². The molecule has 0 aliphatic heterocycles. The third kappa shape index (κ3) is 3.43. The van der Waals surface area contributed by atoms with E-state index in [2.05, 4.69) is 10.3 Å². The van der Waals surface area contributed by atoms with Crippen molar-refractivity contribution in [2.75, 3.05) is 0 Å². The molecule has 1 aromatic heterocycles. The summed E-state index contributed by atoms with van der Waals surface area (Å²) in [6.07, 6.45) is 11.1. The van der Waals surface area contributed by atoms with Crippen LogP contribution in [0.15, 0.2) is 89.7 Å². The van der Waals surface area contributed by atoms with Crippen molar-refractivity contribution in [3.63, 3.8) is 0 Å². The lowest BCUT2D eigenvalue weighted by atomic mass is 9.86. The zero-order chi connectivity index (χ0) is 19.7. The number of pyridine rings is 1. The van der Waals surface area contributed by atoms with Gasteiger partial charge in [0.15, 0.2) is 0 Å². The van der Waals surface area contributed by atoms with Gasteiger partial charge in [-0.05, 0) is 54.0 Å². The lowest BCUT2D eigenvalue weighted by Gasteiger charge is -2.31. The van der Waals surface area contributed by atoms with Crippen molar-refractivity contribution in [3.05, 3.63) is 113 Å². The van der Waals surface area contributed by atoms with Crippen LogP contribution in [0, 0.1) is 11.6 Å². The zero-order valence-corrected chi connectivity index (χ0v) is 15.2. The number of hydrogen-bond donors (Lipinski definition) is 1. The summed E-state index contributed by atoms with van der Waals surface area (Å²) >= 11 is 0. The van der Waals surface area contributed by atoms with E-state index in [1.807, 2.05) is 31.2 Å². The number of carbonyl (C=O) groups excluding carboxylic acids is 1. The van der Waals surface area contributed by atoms with E-state index < -0.39 is 11.4 Å². The Balaban J connectivity index is 1.69. The number of allylic oxidation sites excluding steroid dienone is 6. The predicted octanol–water partition coefficient (Wildman–Crippen LogP) is 4.30. The van der Waals surface area contributed by atoms with Crippen LogP contribution in [0.5, 0.6) is 0 Å². The van der Waals surface area contributed by atoms with Crippen LogP contribution >= 0.6 is 0 Å². The summed E-state index contributed by atoms with van der Waals surface area (Å²) in [5.41, 5.74) is 2.75. The monoisotopic (exact) mass is 376 g/mol. The second-order valence-corrected chi connectivity index (χ2v) is 7.08. The largest absolute Gasteiger partial charge is 0.342 e. The average molecular weight is 376 g/mol. The summed E-state index contributed by atoms with van der Waals surface area (Å²) < 4.78 is 27.1. The SMILES string of the molecule is CC(Cc1cc(F)ccn1)(NC(=O)C1=C2C=CC=C2C=C1)c1ccc(F)cc1. The molecule has 2 aromatic rings. The molecule has 0 fully saturated rings. The average Bonchev–Trinajstić information content (AvgIpc) is 3.25. The van der Waals surface area contributed by atoms with E-state index in [0.717, 1.165) is 11.1 Å². The fraction of sp³-hybridized carbons (Fsp3) is 0.130. The lowest BCUT2D eigenvalue weighted by Crippen LogP contribution is -2.46. The molecule has 28 heavy (non-hydrogen) atoms. The van der Waals surface area contributed by atoms with Gasteiger partial charge in [-0.25, -0.2) is 8.78 Å². The van der Waals surface area contributed by atoms with Gasteiger partial charge in [0, 0.05) is 23.9 Å². The number of amides is 1. The number of nitrogens with one attached hydrogen (secondary N) is 1. The number of rotatable bonds is 5. The number of hydrogen-bond acceptors (Lipinski definition) is 2. The maximum Gasteiger partial charge on any atom is 0.252 e. The molecule has 0 radical (unpaired) electrons. The quantitative estimate of drug-likeness (QED) is 0.846. The van der Waals surface area contributed by atoms with Gasteiger partial charge in [0.2, 0.25) is 0 Å². The number of benzene rings is 1. The summed E-state index contributed by atoms with van der Waals surface area (Å²) in [6, 6.07) is 8.54. The number of halogens is 2. The van der Waals surface area contributed by atoms with Gasteiger partial charge in [-0.3, -0.25) is 9.78 Å². The Morgan fingerprint density at radius 3 is 2.61 bits per heavy atom. The molecule has 140 valence electrons. The van der Waals surface area contributed by atoms with Crippen LogP contribution in [0.2, 0.25) is 0 Å². The van der Waals surface area contributed by atoms with Gasteiger partial charge < -0.3 is 5.32 Å². The molecule has 2 aliphatic carbocycles. The Morgan fingerprint density at radius 1 is 1.07 bits per heavy atom. The van der Waals surface area contributed by atoms with Gasteiger partial charge >= 0.3 is 0 Å². The highest BCUT2D eigenvalue weighted by atomic mass is 19.1. The summed E-state index contributed by atoms with van der Waals surface area (Å²) in [4.78, 5) is 17.3. The van der Waals surface area contributed by atoms with Crippen LogP contribution in [-0.4, -0.2) is 10.9 Å². The Labute approximate surface area is 161 Å². The van der Waals surface area contributed by atoms with Crippen molar-refractivity contribution >= 4 is 5.91 Å². The van der Waals surface area contributed by atoms with Crippen LogP contribution in [0.3, 0.4) is 0 Å². The predicted molar refractivity (Wildman–Crippen MR) is 103 cm³/mol. The molecule has 1 N–H and O–H groups in total. The minimum Gasteiger partial charge on any atom is -0.342 e. The minimum atomic E-state index is -0.901. The Morgan fingerprint density at radius 2 is 1.86 bits per heavy atom. The van der Waals surface area contributed by atoms with E-state index in [-0.39, 0.29) is 18.1 Å². The summed E-state index contributed by atoms with van der Waals surface area (Å²) in [5.74, 6) is -1.01. The van der Waals surface area contributed by atoms with Crippen molar-refractivity contribution in [3.8, 4) is 0 Å². The number of aromatic nitrogens is 1. The first-order chi connectivity index (χ1) is 13.4. The zero-order valence-electron chi connectivity index (χ0n) is 15.2. The standard InChI is InChI=1S/C23H18F2N2O/c1-23(16-6-8-17(24)9-7-16,14-19-13-18(25)11-12-26-19)27-22(28)21-10-5-15-3-2-4-20(15)21/h2-13H,14H2,1H3,(H,27,28). The molecule has 0 bridgehead atoms. The summed E-state index contributed by atoms with van der Waals surface area (Å²) in [7, 11) is 0. The molecular weight excluding hydrogens is 358 g/mol. The fourth-order valence-corrected chi connectivity index (χ4v) is 3.55. The Hall–Kier alpha value is -3.34. The van der Waals surface area contributed by atoms with Crippen LogP contribution in [0.1, 0.15) is 18.2 Å². The molecule has 1 heterocycles. The molecule has 1 aromatic carbocycles. The topological polar surface area (TPSA) is 42.0 Å². The maximum atomic E-state index is 13.6. The first kappa shape index (κ1) is 18.0. The van der Waals surface area contributed by atoms with Crippen molar-refractivity contribution in [2.24, 2.45) is 0 Å². The summed E-state index contributed by atoms with van der Waals surface area (Å²) in [5, 5.41) is 3.06. The molecule has 4 rings (SSSR count). The van der Waals surface area contributed by atoms with E-state index in [1.54, 1.807) is 18.2 Å². The molecule has 1 atom stereocenters. The van der Waals surface area contributed by atoms with E-state index in [0.29, 0.717) is 16.8 Å². The molecule has 0 spiro atoms. The van der Waals surface area contributed by atoms with Crippen molar-refractivity contribution in [1.29, 1.82) is 0 Å². The molecule has 0 saturated carbocycles. The van der Waals surface area contributed by atoms with E-state index in [1.165, 1.54) is 30.5 Å². The van der Waals surface area contributed by atoms with Gasteiger partial charge in [0.1, 0.15) is 11.6 Å². The van der Waals surface area contributed by atoms with Crippen LogP contribution in [0.4, 0.5) is 8.78 Å². The first-order valence-electron chi connectivity index (χ1n) is 8.95. The van der Waals surface area contributed by atoms with Crippen LogP contribution < -0.4 is 5.32 Å². The maximum absolute atomic E-state index is 13.6. The molecule has 2 aliphatic rings. The second kappa shape index (κ2) is 7.00. The molecule has 3 nitrogen and oxygen atoms in total. The van der Waals surface area contributed by atoms with Gasteiger partial charge in [-0.2, -0.15) is 0 Å². The highest BCUT2D eigenvalue weighted by Crippen LogP contribution is 2.32. The van der Waals surface area contributed by atoms with Crippen molar-refractivity contribution in [2.45, 2.75) is 18.9 Å². The normalized spacial score (nSPS) is 16.8. The number of nitrogens with zero attached hydrogens (tertiary/aromatic N) is 1. The van der Waals surface area contributed by atoms with Crippen LogP contribution in [-0.2, 0) is 16.8 Å². The molecule has 1 amide bonds. The number of fused-ring (bicyclic) bond motifs is 1. The van der Waals surface area contributed by atoms with Gasteiger partial charge in [-0.15, -0.1) is 0 Å². The molecule has 0 saturated heterocycles. The third-order valence-corrected chi connectivity index (χ3v) is 5.00. The third-order valence-electron chi connectivity index (χ3n) is 5.00. The van der Waals surface area contributed by atoms with Crippen LogP contribution in [0.25, 0.3) is 0 Å². The smallest absolute Gasteiger partial charge is 0.252 e. The molecular formula is C23H18F2N2O. The van der Waals surface area contributed by atoms with E-state index >= 15 is 0 Å². The second-order valence-electron chi connectivity index (χ2n) is 7.08. The summed E-state index contributed by atoms with van der Waals surface area (Å²) in [6.45, 7) is 1.83. The Bertz CT molecular complexity index is 1060.